The lowest BCUT2D eigenvalue weighted by Gasteiger charge is -1.93. The number of halogens is 1. The molecule has 1 saturated carbocycles. The van der Waals surface area contributed by atoms with Gasteiger partial charge in [-0.25, -0.2) is 0 Å². The van der Waals surface area contributed by atoms with Crippen LogP contribution in [0.2, 0.25) is 0 Å². The quantitative estimate of drug-likeness (QED) is 0.464. The van der Waals surface area contributed by atoms with E-state index in [1.807, 2.05) is 3.51 Å². The average Bonchev–Trinajstić information content (AvgIpc) is 2.17. The fraction of sp³-hybridized carbons (Fsp3) is 0.500. The van der Waals surface area contributed by atoms with Crippen molar-refractivity contribution in [3.8, 4) is 0 Å². The van der Waals surface area contributed by atoms with Crippen LogP contribution in [0.4, 0.5) is 0 Å². The minimum atomic E-state index is 0.378. The van der Waals surface area contributed by atoms with Gasteiger partial charge in [-0.3, -0.25) is 0 Å². The van der Waals surface area contributed by atoms with Crippen LogP contribution in [-0.4, -0.2) is 7.94 Å². The minimum Gasteiger partial charge on any atom is -0.115 e. The van der Waals surface area contributed by atoms with Crippen LogP contribution in [0.25, 0.3) is 0 Å². The molecule has 1 aliphatic heterocycles. The predicted molar refractivity (Wildman–Crippen MR) is 59.5 cm³/mol. The summed E-state index contributed by atoms with van der Waals surface area (Å²) >= 11 is 0.378. The van der Waals surface area contributed by atoms with E-state index >= 15 is 0 Å². The number of allylic oxidation sites excluding steroid dienone is 4. The second kappa shape index (κ2) is 3.21. The Morgan fingerprint density at radius 1 is 1.45 bits per heavy atom. The molecule has 0 saturated heterocycles. The van der Waals surface area contributed by atoms with Gasteiger partial charge in [-0.2, -0.15) is 0 Å². The van der Waals surface area contributed by atoms with E-state index in [0.29, 0.717) is 20.7 Å². The van der Waals surface area contributed by atoms with E-state index in [2.05, 4.69) is 25.2 Å². The molecular formula is C10H13I. The third-order valence-corrected chi connectivity index (χ3v) is 5.21. The summed E-state index contributed by atoms with van der Waals surface area (Å²) in [6.45, 7) is 2.37. The maximum atomic E-state index is 2.37. The van der Waals surface area contributed by atoms with Gasteiger partial charge in [-0.1, -0.05) is 25.2 Å². The van der Waals surface area contributed by atoms with E-state index in [9.17, 15) is 0 Å². The van der Waals surface area contributed by atoms with Crippen molar-refractivity contribution in [2.24, 2.45) is 5.92 Å². The molecule has 2 aliphatic rings. The number of alkyl halides is 1. The zero-order valence-corrected chi connectivity index (χ0v) is 8.97. The molecule has 0 nitrogen and oxygen atoms in total. The van der Waals surface area contributed by atoms with Gasteiger partial charge in [0.05, 0.1) is 0 Å². The number of fused-ring (bicyclic) bond motifs is 1. The number of hydrogen-bond acceptors (Lipinski definition) is 0. The van der Waals surface area contributed by atoms with E-state index in [4.69, 9.17) is 0 Å². The molecule has 1 fully saturated rings. The Kier molecular flexibility index (Phi) is 2.25. The highest BCUT2D eigenvalue weighted by atomic mass is 127. The first-order chi connectivity index (χ1) is 5.36. The van der Waals surface area contributed by atoms with Gasteiger partial charge >= 0.3 is 0 Å². The zero-order valence-electron chi connectivity index (χ0n) is 6.81. The molecule has 0 spiro atoms. The van der Waals surface area contributed by atoms with E-state index in [-0.39, 0.29) is 0 Å². The smallest absolute Gasteiger partial charge is 0.0133 e. The maximum Gasteiger partial charge on any atom is 0.0133 e. The molecule has 0 bridgehead atoms. The van der Waals surface area contributed by atoms with Crippen molar-refractivity contribution in [3.05, 3.63) is 23.8 Å². The Morgan fingerprint density at radius 2 is 2.36 bits per heavy atom. The zero-order chi connectivity index (χ0) is 7.68. The fourth-order valence-electron chi connectivity index (χ4n) is 1.67. The van der Waals surface area contributed by atoms with Crippen molar-refractivity contribution in [2.75, 3.05) is 4.43 Å². The summed E-state index contributed by atoms with van der Waals surface area (Å²) in [5, 5.41) is 0. The summed E-state index contributed by atoms with van der Waals surface area (Å²) in [5.74, 6) is 0.933. The average molecular weight is 260 g/mol. The molecule has 0 N–H and O–H groups in total. The molecular weight excluding hydrogens is 247 g/mol. The first-order valence-electron chi connectivity index (χ1n) is 4.17. The molecule has 60 valence electrons. The molecule has 0 aromatic carbocycles. The predicted octanol–water partition coefficient (Wildman–Crippen LogP) is 3.06. The van der Waals surface area contributed by atoms with E-state index in [0.717, 1.165) is 5.92 Å². The molecule has 0 aromatic heterocycles. The first kappa shape index (κ1) is 7.71. The van der Waals surface area contributed by atoms with E-state index in [1.165, 1.54) is 17.3 Å². The molecule has 2 rings (SSSR count). The van der Waals surface area contributed by atoms with Crippen LogP contribution in [0.3, 0.4) is 0 Å². The van der Waals surface area contributed by atoms with Crippen molar-refractivity contribution in [3.63, 3.8) is 0 Å². The SMILES string of the molecule is C[C@@H]1CC2=CC=CCI=C2C1. The highest BCUT2D eigenvalue weighted by Gasteiger charge is 2.20. The first-order valence-corrected chi connectivity index (χ1v) is 6.78. The van der Waals surface area contributed by atoms with Crippen molar-refractivity contribution >= 4 is 24.2 Å². The van der Waals surface area contributed by atoms with Gasteiger partial charge in [-0.05, 0) is 27.8 Å². The van der Waals surface area contributed by atoms with E-state index in [1.54, 1.807) is 5.57 Å². The van der Waals surface area contributed by atoms with Gasteiger partial charge < -0.3 is 0 Å². The third-order valence-electron chi connectivity index (χ3n) is 2.21. The van der Waals surface area contributed by atoms with Crippen LogP contribution in [0.1, 0.15) is 19.8 Å². The summed E-state index contributed by atoms with van der Waals surface area (Å²) in [4.78, 5) is 0. The van der Waals surface area contributed by atoms with Gasteiger partial charge in [0.2, 0.25) is 0 Å². The van der Waals surface area contributed by atoms with Gasteiger partial charge in [0, 0.05) is 4.43 Å². The molecule has 0 aromatic rings. The Labute approximate surface area is 78.1 Å². The van der Waals surface area contributed by atoms with Crippen LogP contribution < -0.4 is 0 Å². The van der Waals surface area contributed by atoms with E-state index < -0.39 is 0 Å². The van der Waals surface area contributed by atoms with Crippen LogP contribution in [0.5, 0.6) is 0 Å². The van der Waals surface area contributed by atoms with Crippen molar-refractivity contribution in [1.29, 1.82) is 0 Å². The molecule has 0 radical (unpaired) electrons. The van der Waals surface area contributed by atoms with Crippen molar-refractivity contribution in [2.45, 2.75) is 19.8 Å². The highest BCUT2D eigenvalue weighted by molar-refractivity contribution is 14.2. The monoisotopic (exact) mass is 260 g/mol. The lowest BCUT2D eigenvalue weighted by Crippen LogP contribution is -1.88. The highest BCUT2D eigenvalue weighted by Crippen LogP contribution is 2.32. The van der Waals surface area contributed by atoms with Gasteiger partial charge in [0.1, 0.15) is 0 Å². The molecule has 1 heterocycles. The summed E-state index contributed by atoms with van der Waals surface area (Å²) in [5.41, 5.74) is 1.68. The van der Waals surface area contributed by atoms with Crippen molar-refractivity contribution in [1.82, 2.24) is 0 Å². The summed E-state index contributed by atoms with van der Waals surface area (Å²) in [6, 6.07) is 0. The summed E-state index contributed by atoms with van der Waals surface area (Å²) in [7, 11) is 0. The minimum absolute atomic E-state index is 0.378. The lowest BCUT2D eigenvalue weighted by atomic mass is 10.1. The second-order valence-corrected chi connectivity index (χ2v) is 6.27. The second-order valence-electron chi connectivity index (χ2n) is 3.33. The fourth-order valence-corrected chi connectivity index (χ4v) is 4.70. The molecule has 0 unspecified atom stereocenters. The Morgan fingerprint density at radius 3 is 3.27 bits per heavy atom. The molecule has 1 heteroatoms. The van der Waals surface area contributed by atoms with Crippen LogP contribution >= 0.6 is 20.7 Å². The Balaban J connectivity index is 2.30. The third kappa shape index (κ3) is 1.63. The number of rotatable bonds is 0. The number of hydrogen-bond donors (Lipinski definition) is 0. The molecule has 0 amide bonds. The largest absolute Gasteiger partial charge is 0.115 e. The Hall–Kier alpha value is 0.0800. The summed E-state index contributed by atoms with van der Waals surface area (Å²) in [6.07, 6.45) is 9.67. The lowest BCUT2D eigenvalue weighted by molar-refractivity contribution is 0.652. The molecule has 1 aliphatic carbocycles. The Bertz CT molecular complexity index is 246. The normalized spacial score (nSPS) is 29.7. The summed E-state index contributed by atoms with van der Waals surface area (Å²) < 4.78 is 3.20. The molecule has 1 atom stereocenters. The van der Waals surface area contributed by atoms with Crippen LogP contribution in [-0.2, 0) is 0 Å². The maximum absolute atomic E-state index is 2.37. The van der Waals surface area contributed by atoms with Gasteiger partial charge in [0.15, 0.2) is 0 Å². The molecule has 11 heavy (non-hydrogen) atoms. The standard InChI is InChI=1S/C10H13I/c1-8-6-9-4-2-3-5-11-10(9)7-8/h2-4,8H,5-7H2,1H3/t8-/m1/s1. The van der Waals surface area contributed by atoms with Gasteiger partial charge in [-0.15, -0.1) is 20.7 Å². The van der Waals surface area contributed by atoms with Gasteiger partial charge in [0.25, 0.3) is 0 Å². The van der Waals surface area contributed by atoms with Crippen molar-refractivity contribution < 1.29 is 0 Å². The van der Waals surface area contributed by atoms with Crippen LogP contribution in [0, 0.1) is 5.92 Å². The topological polar surface area (TPSA) is 0 Å². The van der Waals surface area contributed by atoms with Crippen LogP contribution in [0.15, 0.2) is 23.8 Å².